The number of ether oxygens (including phenoxy) is 2. The molecule has 0 saturated heterocycles. The van der Waals surface area contributed by atoms with E-state index in [0.717, 1.165) is 0 Å². The van der Waals surface area contributed by atoms with E-state index in [1.54, 1.807) is 42.5 Å². The van der Waals surface area contributed by atoms with Crippen LogP contribution in [0.4, 0.5) is 0 Å². The quantitative estimate of drug-likeness (QED) is 0.428. The smallest absolute Gasteiger partial charge is 0.341 e. The summed E-state index contributed by atoms with van der Waals surface area (Å²) >= 11 is 0. The second-order valence-corrected chi connectivity index (χ2v) is 6.18. The second-order valence-electron chi connectivity index (χ2n) is 6.18. The number of carbonyl (C=O) groups excluding carboxylic acids is 1. The third kappa shape index (κ3) is 2.66. The average molecular weight is 376 g/mol. The van der Waals surface area contributed by atoms with E-state index in [2.05, 4.69) is 0 Å². The number of rotatable bonds is 3. The van der Waals surface area contributed by atoms with Crippen LogP contribution in [0.15, 0.2) is 63.8 Å². The number of esters is 1. The van der Waals surface area contributed by atoms with Gasteiger partial charge in [-0.25, -0.2) is 4.79 Å². The number of fused-ring (bicyclic) bond motifs is 2. The van der Waals surface area contributed by atoms with Crippen LogP contribution >= 0.6 is 0 Å². The molecule has 1 heterocycles. The normalized spacial score (nSPS) is 10.9. The molecule has 3 aromatic carbocycles. The Morgan fingerprint density at radius 1 is 1.00 bits per heavy atom. The van der Waals surface area contributed by atoms with E-state index in [9.17, 15) is 14.7 Å². The summed E-state index contributed by atoms with van der Waals surface area (Å²) in [6, 6.07) is 15.1. The Labute approximate surface area is 159 Å². The molecule has 0 spiro atoms. The molecule has 0 aliphatic heterocycles. The van der Waals surface area contributed by atoms with Crippen LogP contribution in [0.5, 0.6) is 11.5 Å². The number of phenols is 1. The van der Waals surface area contributed by atoms with Crippen LogP contribution in [0, 0.1) is 0 Å². The first-order valence-corrected chi connectivity index (χ1v) is 8.49. The van der Waals surface area contributed by atoms with Crippen molar-refractivity contribution in [2.75, 3.05) is 14.2 Å². The highest BCUT2D eigenvalue weighted by Crippen LogP contribution is 2.40. The third-order valence-corrected chi connectivity index (χ3v) is 4.61. The number of methoxy groups -OCH3 is 2. The van der Waals surface area contributed by atoms with Crippen LogP contribution in [-0.2, 0) is 4.74 Å². The number of benzene rings is 3. The number of carbonyl (C=O) groups is 1. The van der Waals surface area contributed by atoms with E-state index in [1.807, 2.05) is 6.07 Å². The van der Waals surface area contributed by atoms with Gasteiger partial charge in [0.1, 0.15) is 28.2 Å². The van der Waals surface area contributed by atoms with E-state index in [0.29, 0.717) is 22.3 Å². The Morgan fingerprint density at radius 3 is 2.43 bits per heavy atom. The predicted octanol–water partition coefficient (Wildman–Crippen LogP) is 4.11. The van der Waals surface area contributed by atoms with Crippen LogP contribution in [0.1, 0.15) is 10.4 Å². The van der Waals surface area contributed by atoms with Gasteiger partial charge in [-0.05, 0) is 29.8 Å². The highest BCUT2D eigenvalue weighted by Gasteiger charge is 2.23. The molecule has 1 N–H and O–H groups in total. The van der Waals surface area contributed by atoms with E-state index < -0.39 is 5.97 Å². The summed E-state index contributed by atoms with van der Waals surface area (Å²) in [6.07, 6.45) is 0. The van der Waals surface area contributed by atoms with Gasteiger partial charge < -0.3 is 19.0 Å². The molecule has 28 heavy (non-hydrogen) atoms. The van der Waals surface area contributed by atoms with Gasteiger partial charge in [-0.2, -0.15) is 0 Å². The molecule has 0 amide bonds. The largest absolute Gasteiger partial charge is 0.506 e. The lowest BCUT2D eigenvalue weighted by molar-refractivity contribution is 0.0597. The fraction of sp³-hybridized carbons (Fsp3) is 0.0909. The minimum Gasteiger partial charge on any atom is -0.506 e. The molecule has 0 atom stereocenters. The molecular weight excluding hydrogens is 360 g/mol. The highest BCUT2D eigenvalue weighted by atomic mass is 16.5. The molecule has 4 aromatic rings. The van der Waals surface area contributed by atoms with Gasteiger partial charge in [0.15, 0.2) is 0 Å². The first-order chi connectivity index (χ1) is 13.5. The van der Waals surface area contributed by atoms with Crippen LogP contribution in [0.25, 0.3) is 33.1 Å². The van der Waals surface area contributed by atoms with Gasteiger partial charge in [-0.15, -0.1) is 0 Å². The third-order valence-electron chi connectivity index (χ3n) is 4.61. The van der Waals surface area contributed by atoms with Crippen LogP contribution in [-0.4, -0.2) is 25.3 Å². The van der Waals surface area contributed by atoms with Crippen molar-refractivity contribution in [1.82, 2.24) is 0 Å². The van der Waals surface area contributed by atoms with Crippen molar-refractivity contribution in [3.05, 3.63) is 70.4 Å². The molecule has 6 heteroatoms. The molecule has 0 bridgehead atoms. The molecule has 6 nitrogen and oxygen atoms in total. The number of hydrogen-bond donors (Lipinski definition) is 1. The highest BCUT2D eigenvalue weighted by molar-refractivity contribution is 6.07. The zero-order valence-corrected chi connectivity index (χ0v) is 15.2. The van der Waals surface area contributed by atoms with Gasteiger partial charge in [0.2, 0.25) is 5.43 Å². The standard InChI is InChI=1S/C22H16O6/c1-26-13-8-9-17-14(10-13)19(23)15-11-16(22(25)27-2)20(24)18(21(15)28-17)12-6-4-3-5-7-12/h3-11,24H,1-2H3. The van der Waals surface area contributed by atoms with Crippen LogP contribution in [0.2, 0.25) is 0 Å². The number of hydrogen-bond acceptors (Lipinski definition) is 6. The molecule has 0 aliphatic carbocycles. The molecule has 140 valence electrons. The zero-order chi connectivity index (χ0) is 19.8. The van der Waals surface area contributed by atoms with Gasteiger partial charge in [-0.1, -0.05) is 30.3 Å². The Kier molecular flexibility index (Phi) is 4.24. The monoisotopic (exact) mass is 376 g/mol. The lowest BCUT2D eigenvalue weighted by Crippen LogP contribution is -2.08. The van der Waals surface area contributed by atoms with E-state index in [-0.39, 0.29) is 33.3 Å². The van der Waals surface area contributed by atoms with Crippen molar-refractivity contribution in [3.8, 4) is 22.6 Å². The Bertz CT molecular complexity index is 1270. The topological polar surface area (TPSA) is 86.0 Å². The molecule has 0 radical (unpaired) electrons. The lowest BCUT2D eigenvalue weighted by Gasteiger charge is -2.13. The summed E-state index contributed by atoms with van der Waals surface area (Å²) in [7, 11) is 2.71. The Hall–Kier alpha value is -3.80. The maximum Gasteiger partial charge on any atom is 0.341 e. The van der Waals surface area contributed by atoms with Gasteiger partial charge in [0, 0.05) is 0 Å². The van der Waals surface area contributed by atoms with Gasteiger partial charge in [0.05, 0.1) is 30.6 Å². The minimum atomic E-state index is -0.748. The molecular formula is C22H16O6. The molecule has 0 unspecified atom stereocenters. The van der Waals surface area contributed by atoms with E-state index >= 15 is 0 Å². The maximum atomic E-state index is 13.2. The summed E-state index contributed by atoms with van der Waals surface area (Å²) in [5.74, 6) is -0.544. The summed E-state index contributed by atoms with van der Waals surface area (Å²) in [4.78, 5) is 25.4. The van der Waals surface area contributed by atoms with Gasteiger partial charge in [0.25, 0.3) is 0 Å². The molecule has 0 saturated carbocycles. The van der Waals surface area contributed by atoms with Crippen molar-refractivity contribution in [2.45, 2.75) is 0 Å². The first kappa shape index (κ1) is 17.6. The molecule has 4 rings (SSSR count). The summed E-state index contributed by atoms with van der Waals surface area (Å²) in [6.45, 7) is 0. The number of phenolic OH excluding ortho intramolecular Hbond substituents is 1. The Morgan fingerprint density at radius 2 is 1.75 bits per heavy atom. The van der Waals surface area contributed by atoms with E-state index in [4.69, 9.17) is 13.9 Å². The minimum absolute atomic E-state index is 0.108. The fourth-order valence-electron chi connectivity index (χ4n) is 3.23. The molecule has 0 aliphatic rings. The van der Waals surface area contributed by atoms with Gasteiger partial charge in [-0.3, -0.25) is 4.79 Å². The van der Waals surface area contributed by atoms with Crippen LogP contribution in [0.3, 0.4) is 0 Å². The predicted molar refractivity (Wildman–Crippen MR) is 105 cm³/mol. The summed E-state index contributed by atoms with van der Waals surface area (Å²) in [5, 5.41) is 11.3. The molecule has 1 aromatic heterocycles. The zero-order valence-electron chi connectivity index (χ0n) is 15.2. The average Bonchev–Trinajstić information content (AvgIpc) is 2.73. The van der Waals surface area contributed by atoms with Crippen molar-refractivity contribution < 1.29 is 23.8 Å². The van der Waals surface area contributed by atoms with E-state index in [1.165, 1.54) is 20.3 Å². The summed E-state index contributed by atoms with van der Waals surface area (Å²) in [5.41, 5.74) is 0.959. The SMILES string of the molecule is COC(=O)c1cc2c(=O)c3cc(OC)ccc3oc2c(-c2ccccc2)c1O. The van der Waals surface area contributed by atoms with Crippen LogP contribution < -0.4 is 10.2 Å². The fourth-order valence-corrected chi connectivity index (χ4v) is 3.23. The lowest BCUT2D eigenvalue weighted by atomic mass is 9.97. The molecule has 0 fully saturated rings. The van der Waals surface area contributed by atoms with Crippen molar-refractivity contribution in [2.24, 2.45) is 0 Å². The number of aromatic hydroxyl groups is 1. The summed E-state index contributed by atoms with van der Waals surface area (Å²) < 4.78 is 15.9. The maximum absolute atomic E-state index is 13.2. The van der Waals surface area contributed by atoms with Crippen molar-refractivity contribution in [1.29, 1.82) is 0 Å². The first-order valence-electron chi connectivity index (χ1n) is 8.49. The van der Waals surface area contributed by atoms with Crippen molar-refractivity contribution >= 4 is 27.9 Å². The van der Waals surface area contributed by atoms with Gasteiger partial charge >= 0.3 is 5.97 Å². The Balaban J connectivity index is 2.20. The van der Waals surface area contributed by atoms with Crippen molar-refractivity contribution in [3.63, 3.8) is 0 Å². The second kappa shape index (κ2) is 6.74.